The fraction of sp³-hybridized carbons (Fsp3) is 0.417. The minimum absolute atomic E-state index is 0.630. The number of benzene rings is 1. The first-order valence-electron chi connectivity index (χ1n) is 5.54. The second-order valence-corrected chi connectivity index (χ2v) is 4.52. The molecular formula is C12H15N3O. The largest absolute Gasteiger partial charge is 0.384 e. The fourth-order valence-electron chi connectivity index (χ4n) is 2.35. The maximum Gasteiger partial charge on any atom is 0.103 e. The van der Waals surface area contributed by atoms with Crippen molar-refractivity contribution < 1.29 is 5.11 Å². The van der Waals surface area contributed by atoms with Crippen LogP contribution in [0.3, 0.4) is 0 Å². The molecule has 1 unspecified atom stereocenters. The zero-order valence-corrected chi connectivity index (χ0v) is 9.27. The van der Waals surface area contributed by atoms with E-state index in [9.17, 15) is 5.11 Å². The first kappa shape index (κ1) is 9.81. The Labute approximate surface area is 93.9 Å². The van der Waals surface area contributed by atoms with Crippen molar-refractivity contribution in [2.45, 2.75) is 12.0 Å². The molecule has 2 N–H and O–H groups in total. The van der Waals surface area contributed by atoms with Gasteiger partial charge in [0, 0.05) is 13.6 Å². The highest BCUT2D eigenvalue weighted by atomic mass is 16.3. The van der Waals surface area contributed by atoms with E-state index in [1.807, 2.05) is 29.8 Å². The van der Waals surface area contributed by atoms with E-state index in [2.05, 4.69) is 10.3 Å². The first-order valence-corrected chi connectivity index (χ1v) is 5.54. The minimum Gasteiger partial charge on any atom is -0.384 e. The summed E-state index contributed by atoms with van der Waals surface area (Å²) in [5.41, 5.74) is 2.29. The monoisotopic (exact) mass is 217 g/mol. The van der Waals surface area contributed by atoms with Crippen LogP contribution in [0.4, 0.5) is 0 Å². The second kappa shape index (κ2) is 3.30. The summed E-state index contributed by atoms with van der Waals surface area (Å²) >= 11 is 0. The highest BCUT2D eigenvalue weighted by molar-refractivity contribution is 5.76. The van der Waals surface area contributed by atoms with E-state index in [0.29, 0.717) is 6.54 Å². The van der Waals surface area contributed by atoms with Gasteiger partial charge in [-0.2, -0.15) is 0 Å². The molecule has 16 heavy (non-hydrogen) atoms. The van der Waals surface area contributed by atoms with Crippen molar-refractivity contribution in [1.82, 2.24) is 14.9 Å². The van der Waals surface area contributed by atoms with Gasteiger partial charge in [-0.3, -0.25) is 0 Å². The number of nitrogens with one attached hydrogen (secondary N) is 1. The van der Waals surface area contributed by atoms with Crippen LogP contribution in [0.5, 0.6) is 0 Å². The molecule has 1 aromatic heterocycles. The summed E-state index contributed by atoms with van der Waals surface area (Å²) < 4.78 is 1.98. The predicted octanol–water partition coefficient (Wildman–Crippen LogP) is 0.754. The number of β-amino-alcohol motifs (C(OH)–C–C–N with tert-alkyl or cyclic N) is 1. The Bertz CT molecular complexity index is 526. The van der Waals surface area contributed by atoms with Crippen LogP contribution >= 0.6 is 0 Å². The maximum atomic E-state index is 10.4. The van der Waals surface area contributed by atoms with Crippen molar-refractivity contribution in [3.8, 4) is 0 Å². The summed E-state index contributed by atoms with van der Waals surface area (Å²) in [7, 11) is 1.97. The number of hydrogen-bond acceptors (Lipinski definition) is 3. The van der Waals surface area contributed by atoms with Crippen LogP contribution in [0.1, 0.15) is 12.0 Å². The number of rotatable bonds is 1. The topological polar surface area (TPSA) is 50.1 Å². The van der Waals surface area contributed by atoms with Crippen LogP contribution in [0, 0.1) is 0 Å². The van der Waals surface area contributed by atoms with Crippen LogP contribution in [-0.4, -0.2) is 27.7 Å². The smallest absolute Gasteiger partial charge is 0.103 e. The lowest BCUT2D eigenvalue weighted by atomic mass is 9.93. The van der Waals surface area contributed by atoms with E-state index < -0.39 is 5.60 Å². The molecule has 0 bridgehead atoms. The van der Waals surface area contributed by atoms with Crippen LogP contribution in [-0.2, 0) is 12.6 Å². The predicted molar refractivity (Wildman–Crippen MR) is 62.1 cm³/mol. The summed E-state index contributed by atoms with van der Waals surface area (Å²) in [5.74, 6) is 0. The van der Waals surface area contributed by atoms with Gasteiger partial charge in [0.15, 0.2) is 0 Å². The normalized spacial score (nSPS) is 25.4. The molecule has 1 aliphatic rings. The van der Waals surface area contributed by atoms with E-state index in [0.717, 1.165) is 29.6 Å². The third kappa shape index (κ3) is 1.34. The lowest BCUT2D eigenvalue weighted by Crippen LogP contribution is -2.28. The molecule has 1 fully saturated rings. The van der Waals surface area contributed by atoms with E-state index in [-0.39, 0.29) is 0 Å². The molecule has 1 aliphatic heterocycles. The molecule has 0 spiro atoms. The van der Waals surface area contributed by atoms with Crippen LogP contribution in [0.2, 0.25) is 0 Å². The summed E-state index contributed by atoms with van der Waals surface area (Å²) in [6.07, 6.45) is 2.57. The molecule has 2 heterocycles. The lowest BCUT2D eigenvalue weighted by molar-refractivity contribution is 0.0589. The zero-order valence-electron chi connectivity index (χ0n) is 9.27. The third-order valence-corrected chi connectivity index (χ3v) is 3.40. The van der Waals surface area contributed by atoms with Crippen molar-refractivity contribution in [1.29, 1.82) is 0 Å². The Morgan fingerprint density at radius 1 is 1.50 bits per heavy atom. The van der Waals surface area contributed by atoms with Gasteiger partial charge < -0.3 is 15.0 Å². The molecule has 0 amide bonds. The molecule has 84 valence electrons. The van der Waals surface area contributed by atoms with Crippen molar-refractivity contribution in [3.05, 3.63) is 30.1 Å². The number of aryl methyl sites for hydroxylation is 1. The molecule has 2 aromatic rings. The van der Waals surface area contributed by atoms with Gasteiger partial charge in [0.05, 0.1) is 17.4 Å². The number of aliphatic hydroxyl groups is 1. The third-order valence-electron chi connectivity index (χ3n) is 3.40. The van der Waals surface area contributed by atoms with Crippen LogP contribution < -0.4 is 5.32 Å². The van der Waals surface area contributed by atoms with Gasteiger partial charge in [-0.25, -0.2) is 4.98 Å². The van der Waals surface area contributed by atoms with Gasteiger partial charge in [0.25, 0.3) is 0 Å². The van der Waals surface area contributed by atoms with Gasteiger partial charge in [-0.05, 0) is 30.7 Å². The quantitative estimate of drug-likeness (QED) is 0.741. The Hall–Kier alpha value is -1.39. The van der Waals surface area contributed by atoms with Gasteiger partial charge >= 0.3 is 0 Å². The van der Waals surface area contributed by atoms with E-state index in [1.165, 1.54) is 0 Å². The summed E-state index contributed by atoms with van der Waals surface area (Å²) in [4.78, 5) is 4.31. The first-order chi connectivity index (χ1) is 7.69. The molecular weight excluding hydrogens is 202 g/mol. The lowest BCUT2D eigenvalue weighted by Gasteiger charge is -2.21. The molecule has 1 atom stereocenters. The fourth-order valence-corrected chi connectivity index (χ4v) is 2.35. The van der Waals surface area contributed by atoms with Gasteiger partial charge in [0.2, 0.25) is 0 Å². The molecule has 0 radical (unpaired) electrons. The molecule has 4 heteroatoms. The molecule has 0 aliphatic carbocycles. The van der Waals surface area contributed by atoms with Gasteiger partial charge in [0.1, 0.15) is 5.60 Å². The van der Waals surface area contributed by atoms with Crippen LogP contribution in [0.15, 0.2) is 24.5 Å². The minimum atomic E-state index is -0.717. The van der Waals surface area contributed by atoms with Gasteiger partial charge in [-0.15, -0.1) is 0 Å². The number of nitrogens with zero attached hydrogens (tertiary/aromatic N) is 2. The van der Waals surface area contributed by atoms with E-state index >= 15 is 0 Å². The Morgan fingerprint density at radius 3 is 3.12 bits per heavy atom. The molecule has 0 saturated carbocycles. The van der Waals surface area contributed by atoms with Crippen molar-refractivity contribution in [2.75, 3.05) is 13.1 Å². The van der Waals surface area contributed by atoms with E-state index in [4.69, 9.17) is 0 Å². The van der Waals surface area contributed by atoms with Crippen molar-refractivity contribution in [3.63, 3.8) is 0 Å². The average molecular weight is 217 g/mol. The number of hydrogen-bond donors (Lipinski definition) is 2. The highest BCUT2D eigenvalue weighted by Gasteiger charge is 2.33. The zero-order chi connectivity index (χ0) is 11.2. The Balaban J connectivity index is 2.11. The molecule has 1 saturated heterocycles. The van der Waals surface area contributed by atoms with Crippen molar-refractivity contribution in [2.24, 2.45) is 7.05 Å². The van der Waals surface area contributed by atoms with Gasteiger partial charge in [-0.1, -0.05) is 6.07 Å². The van der Waals surface area contributed by atoms with E-state index in [1.54, 1.807) is 6.33 Å². The summed E-state index contributed by atoms with van der Waals surface area (Å²) in [5, 5.41) is 13.6. The van der Waals surface area contributed by atoms with Crippen molar-refractivity contribution >= 4 is 11.0 Å². The number of aromatic nitrogens is 2. The van der Waals surface area contributed by atoms with Crippen LogP contribution in [0.25, 0.3) is 11.0 Å². The Kier molecular flexibility index (Phi) is 2.02. The second-order valence-electron chi connectivity index (χ2n) is 4.52. The summed E-state index contributed by atoms with van der Waals surface area (Å²) in [6.45, 7) is 1.50. The Morgan fingerprint density at radius 2 is 2.38 bits per heavy atom. The summed E-state index contributed by atoms with van der Waals surface area (Å²) in [6, 6.07) is 6.01. The molecule has 4 nitrogen and oxygen atoms in total. The number of fused-ring (bicyclic) bond motifs is 1. The molecule has 3 rings (SSSR count). The SMILES string of the molecule is Cn1cnc2cc(C3(O)CCNC3)ccc21. The highest BCUT2D eigenvalue weighted by Crippen LogP contribution is 2.29. The number of imidazole rings is 1. The standard InChI is InChI=1S/C12H15N3O/c1-15-8-14-10-6-9(2-3-11(10)15)12(16)4-5-13-7-12/h2-3,6,8,13,16H,4-5,7H2,1H3. The maximum absolute atomic E-state index is 10.4. The molecule has 1 aromatic carbocycles. The average Bonchev–Trinajstić information content (AvgIpc) is 2.87.